The zero-order valence-corrected chi connectivity index (χ0v) is 11.8. The number of hydrogen-bond donors (Lipinski definition) is 0. The maximum absolute atomic E-state index is 6.16. The van der Waals surface area contributed by atoms with Crippen LogP contribution in [0.5, 0.6) is 0 Å². The fourth-order valence-electron chi connectivity index (χ4n) is 1.85. The predicted octanol–water partition coefficient (Wildman–Crippen LogP) is 4.94. The van der Waals surface area contributed by atoms with Gasteiger partial charge in [0.05, 0.1) is 0 Å². The van der Waals surface area contributed by atoms with Crippen molar-refractivity contribution in [3.63, 3.8) is 0 Å². The maximum atomic E-state index is 6.16. The number of hydrogen-bond acceptors (Lipinski definition) is 0. The zero-order chi connectivity index (χ0) is 11.4. The van der Waals surface area contributed by atoms with Crippen molar-refractivity contribution in [2.24, 2.45) is 11.8 Å². The smallest absolute Gasteiger partial charge is 0.0438 e. The van der Waals surface area contributed by atoms with Gasteiger partial charge in [-0.1, -0.05) is 66.5 Å². The Morgan fingerprint density at radius 2 is 1.80 bits per heavy atom. The number of alkyl halides is 1. The van der Waals surface area contributed by atoms with E-state index in [0.29, 0.717) is 16.7 Å². The van der Waals surface area contributed by atoms with E-state index in [9.17, 15) is 0 Å². The third kappa shape index (κ3) is 3.81. The minimum atomic E-state index is 0.522. The Bertz CT molecular complexity index is 299. The van der Waals surface area contributed by atoms with E-state index in [2.05, 4.69) is 48.8 Å². The van der Waals surface area contributed by atoms with Gasteiger partial charge in [0.2, 0.25) is 0 Å². The van der Waals surface area contributed by atoms with Gasteiger partial charge in [0.1, 0.15) is 0 Å². The Balaban J connectivity index is 2.79. The van der Waals surface area contributed by atoms with Crippen molar-refractivity contribution in [3.05, 3.63) is 34.9 Å². The van der Waals surface area contributed by atoms with Crippen molar-refractivity contribution in [1.29, 1.82) is 0 Å². The van der Waals surface area contributed by atoms with Gasteiger partial charge in [-0.3, -0.25) is 0 Å². The molecule has 0 saturated heterocycles. The average Bonchev–Trinajstić information content (AvgIpc) is 2.15. The van der Waals surface area contributed by atoms with Crippen LogP contribution in [0.1, 0.15) is 26.3 Å². The zero-order valence-electron chi connectivity index (χ0n) is 9.50. The van der Waals surface area contributed by atoms with Gasteiger partial charge in [0, 0.05) is 9.85 Å². The first kappa shape index (κ1) is 13.1. The Morgan fingerprint density at radius 3 is 2.27 bits per heavy atom. The highest BCUT2D eigenvalue weighted by Crippen LogP contribution is 2.28. The van der Waals surface area contributed by atoms with Crippen molar-refractivity contribution in [1.82, 2.24) is 0 Å². The van der Waals surface area contributed by atoms with Crippen LogP contribution in [0.4, 0.5) is 0 Å². The molecular formula is C13H18BrCl. The van der Waals surface area contributed by atoms with Gasteiger partial charge < -0.3 is 0 Å². The lowest BCUT2D eigenvalue weighted by atomic mass is 9.87. The Kier molecular flexibility index (Phi) is 5.14. The molecule has 2 unspecified atom stereocenters. The molecule has 0 N–H and O–H groups in total. The molecule has 1 aromatic rings. The van der Waals surface area contributed by atoms with Crippen LogP contribution in [0.25, 0.3) is 0 Å². The normalized spacial score (nSPS) is 15.3. The highest BCUT2D eigenvalue weighted by molar-refractivity contribution is 9.09. The standard InChI is InChI=1S/C13H18BrCl/c1-9(2)12(10(3)14)8-11-6-4-5-7-13(11)15/h4-7,9-10,12H,8H2,1-3H3. The fourth-order valence-corrected chi connectivity index (χ4v) is 2.86. The van der Waals surface area contributed by atoms with Crippen LogP contribution < -0.4 is 0 Å². The molecule has 0 radical (unpaired) electrons. The van der Waals surface area contributed by atoms with Crippen LogP contribution in [0.3, 0.4) is 0 Å². The summed E-state index contributed by atoms with van der Waals surface area (Å²) in [6, 6.07) is 8.12. The highest BCUT2D eigenvalue weighted by atomic mass is 79.9. The van der Waals surface area contributed by atoms with E-state index >= 15 is 0 Å². The van der Waals surface area contributed by atoms with Gasteiger partial charge >= 0.3 is 0 Å². The van der Waals surface area contributed by atoms with Crippen molar-refractivity contribution in [2.75, 3.05) is 0 Å². The fraction of sp³-hybridized carbons (Fsp3) is 0.538. The first-order valence-corrected chi connectivity index (χ1v) is 6.69. The van der Waals surface area contributed by atoms with Gasteiger partial charge in [-0.05, 0) is 29.9 Å². The second kappa shape index (κ2) is 5.91. The largest absolute Gasteiger partial charge is 0.0890 e. The molecule has 0 heterocycles. The second-order valence-corrected chi connectivity index (χ2v) is 6.23. The number of halogens is 2. The van der Waals surface area contributed by atoms with E-state index in [1.165, 1.54) is 5.56 Å². The lowest BCUT2D eigenvalue weighted by Gasteiger charge is -2.24. The molecule has 0 amide bonds. The molecule has 0 fully saturated rings. The molecule has 0 bridgehead atoms. The molecule has 0 aliphatic heterocycles. The number of benzene rings is 1. The monoisotopic (exact) mass is 288 g/mol. The average molecular weight is 290 g/mol. The van der Waals surface area contributed by atoms with Crippen LogP contribution in [-0.2, 0) is 6.42 Å². The molecule has 0 nitrogen and oxygen atoms in total. The van der Waals surface area contributed by atoms with Crippen molar-refractivity contribution < 1.29 is 0 Å². The lowest BCUT2D eigenvalue weighted by Crippen LogP contribution is -2.20. The third-order valence-electron chi connectivity index (χ3n) is 2.86. The highest BCUT2D eigenvalue weighted by Gasteiger charge is 2.19. The van der Waals surface area contributed by atoms with E-state index in [4.69, 9.17) is 11.6 Å². The topological polar surface area (TPSA) is 0 Å². The molecule has 1 aromatic carbocycles. The predicted molar refractivity (Wildman–Crippen MR) is 71.9 cm³/mol. The summed E-state index contributed by atoms with van der Waals surface area (Å²) in [4.78, 5) is 0.522. The minimum absolute atomic E-state index is 0.522. The van der Waals surface area contributed by atoms with Gasteiger partial charge in [0.15, 0.2) is 0 Å². The van der Waals surface area contributed by atoms with Crippen LogP contribution in [0.15, 0.2) is 24.3 Å². The van der Waals surface area contributed by atoms with E-state index in [-0.39, 0.29) is 0 Å². The summed E-state index contributed by atoms with van der Waals surface area (Å²) >= 11 is 9.84. The first-order chi connectivity index (χ1) is 7.02. The Morgan fingerprint density at radius 1 is 1.20 bits per heavy atom. The molecule has 1 rings (SSSR count). The van der Waals surface area contributed by atoms with Gasteiger partial charge in [-0.15, -0.1) is 0 Å². The quantitative estimate of drug-likeness (QED) is 0.689. The van der Waals surface area contributed by atoms with Crippen molar-refractivity contribution >= 4 is 27.5 Å². The van der Waals surface area contributed by atoms with E-state index in [0.717, 1.165) is 11.4 Å². The molecule has 2 heteroatoms. The molecule has 84 valence electrons. The summed E-state index contributed by atoms with van der Waals surface area (Å²) in [6.07, 6.45) is 1.05. The second-order valence-electron chi connectivity index (χ2n) is 4.38. The van der Waals surface area contributed by atoms with Crippen molar-refractivity contribution in [3.8, 4) is 0 Å². The molecule has 0 aliphatic rings. The molecule has 0 aliphatic carbocycles. The molecule has 2 atom stereocenters. The van der Waals surface area contributed by atoms with Crippen molar-refractivity contribution in [2.45, 2.75) is 32.0 Å². The van der Waals surface area contributed by atoms with E-state index < -0.39 is 0 Å². The van der Waals surface area contributed by atoms with Crippen LogP contribution in [0, 0.1) is 11.8 Å². The van der Waals surface area contributed by atoms with E-state index in [1.807, 2.05) is 12.1 Å². The maximum Gasteiger partial charge on any atom is 0.0438 e. The van der Waals surface area contributed by atoms with Gasteiger partial charge in [-0.25, -0.2) is 0 Å². The molecule has 0 aromatic heterocycles. The molecular weight excluding hydrogens is 272 g/mol. The molecule has 15 heavy (non-hydrogen) atoms. The van der Waals surface area contributed by atoms with Gasteiger partial charge in [-0.2, -0.15) is 0 Å². The lowest BCUT2D eigenvalue weighted by molar-refractivity contribution is 0.384. The number of rotatable bonds is 4. The summed E-state index contributed by atoms with van der Waals surface area (Å²) in [5, 5.41) is 0.885. The van der Waals surface area contributed by atoms with Crippen LogP contribution in [-0.4, -0.2) is 4.83 Å². The summed E-state index contributed by atoms with van der Waals surface area (Å²) in [5.41, 5.74) is 1.25. The SMILES string of the molecule is CC(C)C(Cc1ccccc1Cl)C(C)Br. The molecule has 0 spiro atoms. The van der Waals surface area contributed by atoms with E-state index in [1.54, 1.807) is 0 Å². The molecule has 0 saturated carbocycles. The van der Waals surface area contributed by atoms with Crippen LogP contribution >= 0.6 is 27.5 Å². The summed E-state index contributed by atoms with van der Waals surface area (Å²) in [7, 11) is 0. The Hall–Kier alpha value is -0.0100. The Labute approximate surface area is 106 Å². The minimum Gasteiger partial charge on any atom is -0.0890 e. The third-order valence-corrected chi connectivity index (χ3v) is 3.91. The first-order valence-electron chi connectivity index (χ1n) is 5.40. The summed E-state index contributed by atoms with van der Waals surface area (Å²) < 4.78 is 0. The van der Waals surface area contributed by atoms with Gasteiger partial charge in [0.25, 0.3) is 0 Å². The van der Waals surface area contributed by atoms with Crippen LogP contribution in [0.2, 0.25) is 5.02 Å². The summed E-state index contributed by atoms with van der Waals surface area (Å²) in [6.45, 7) is 6.74. The summed E-state index contributed by atoms with van der Waals surface area (Å²) in [5.74, 6) is 1.29.